The molecule has 1 atom stereocenters. The summed E-state index contributed by atoms with van der Waals surface area (Å²) in [5.41, 5.74) is 0.894. The number of rotatable bonds is 0. The van der Waals surface area contributed by atoms with Gasteiger partial charge in [-0.1, -0.05) is 11.6 Å². The van der Waals surface area contributed by atoms with Gasteiger partial charge in [-0.3, -0.25) is 4.99 Å². The second-order valence-electron chi connectivity index (χ2n) is 1.67. The van der Waals surface area contributed by atoms with Crippen LogP contribution in [0.2, 0.25) is 0 Å². The molecule has 0 saturated heterocycles. The van der Waals surface area contributed by atoms with Crippen LogP contribution < -0.4 is 5.32 Å². The fourth-order valence-corrected chi connectivity index (χ4v) is 0.583. The summed E-state index contributed by atoms with van der Waals surface area (Å²) in [6.07, 6.45) is 3.43. The Morgan fingerprint density at radius 1 is 1.88 bits per heavy atom. The Hall–Kier alpha value is -0.500. The minimum atomic E-state index is -0.156. The van der Waals surface area contributed by atoms with Crippen LogP contribution >= 0.6 is 11.6 Å². The molecule has 0 saturated carbocycles. The van der Waals surface area contributed by atoms with Gasteiger partial charge in [0.25, 0.3) is 0 Å². The SMILES string of the molecule is CC1=CNC=NC1Cl. The van der Waals surface area contributed by atoms with E-state index in [4.69, 9.17) is 11.6 Å². The molecule has 44 valence electrons. The lowest BCUT2D eigenvalue weighted by Gasteiger charge is -2.08. The molecule has 0 aromatic rings. The molecule has 3 heteroatoms. The summed E-state index contributed by atoms with van der Waals surface area (Å²) in [5.74, 6) is 0. The molecule has 2 nitrogen and oxygen atoms in total. The Labute approximate surface area is 53.3 Å². The first-order valence-electron chi connectivity index (χ1n) is 2.39. The van der Waals surface area contributed by atoms with Crippen molar-refractivity contribution < 1.29 is 0 Å². The predicted molar refractivity (Wildman–Crippen MR) is 35.0 cm³/mol. The molecule has 8 heavy (non-hydrogen) atoms. The summed E-state index contributed by atoms with van der Waals surface area (Å²) in [4.78, 5) is 3.87. The lowest BCUT2D eigenvalue weighted by Crippen LogP contribution is -2.13. The van der Waals surface area contributed by atoms with E-state index in [1.165, 1.54) is 0 Å². The third-order valence-corrected chi connectivity index (χ3v) is 1.42. The number of nitrogens with one attached hydrogen (secondary N) is 1. The molecule has 0 aromatic carbocycles. The molecule has 1 rings (SSSR count). The second kappa shape index (κ2) is 2.18. The van der Waals surface area contributed by atoms with E-state index in [2.05, 4.69) is 10.3 Å². The van der Waals surface area contributed by atoms with E-state index in [0.717, 1.165) is 5.57 Å². The molecular formula is C5H7ClN2. The van der Waals surface area contributed by atoms with Crippen molar-refractivity contribution in [2.45, 2.75) is 12.4 Å². The van der Waals surface area contributed by atoms with Gasteiger partial charge in [-0.2, -0.15) is 0 Å². The van der Waals surface area contributed by atoms with E-state index in [0.29, 0.717) is 0 Å². The van der Waals surface area contributed by atoms with Crippen LogP contribution in [0.1, 0.15) is 6.92 Å². The van der Waals surface area contributed by atoms with Gasteiger partial charge in [0, 0.05) is 6.20 Å². The van der Waals surface area contributed by atoms with E-state index in [1.807, 2.05) is 13.1 Å². The summed E-state index contributed by atoms with van der Waals surface area (Å²) in [6.45, 7) is 1.93. The molecule has 0 fully saturated rings. The normalized spacial score (nSPS) is 26.8. The molecule has 1 heterocycles. The van der Waals surface area contributed by atoms with Gasteiger partial charge in [0.15, 0.2) is 0 Å². The molecule has 0 radical (unpaired) electrons. The van der Waals surface area contributed by atoms with Crippen molar-refractivity contribution in [3.8, 4) is 0 Å². The van der Waals surface area contributed by atoms with Gasteiger partial charge in [0.2, 0.25) is 0 Å². The molecule has 0 aliphatic carbocycles. The summed E-state index contributed by atoms with van der Waals surface area (Å²) >= 11 is 5.66. The Morgan fingerprint density at radius 2 is 2.62 bits per heavy atom. The number of hydrogen-bond acceptors (Lipinski definition) is 2. The lowest BCUT2D eigenvalue weighted by molar-refractivity contribution is 0.984. The smallest absolute Gasteiger partial charge is 0.147 e. The zero-order valence-electron chi connectivity index (χ0n) is 4.56. The molecule has 0 spiro atoms. The van der Waals surface area contributed by atoms with E-state index in [9.17, 15) is 0 Å². The fraction of sp³-hybridized carbons (Fsp3) is 0.400. The first-order valence-corrected chi connectivity index (χ1v) is 2.83. The average molecular weight is 131 g/mol. The van der Waals surface area contributed by atoms with Crippen molar-refractivity contribution >= 4 is 17.9 Å². The van der Waals surface area contributed by atoms with Gasteiger partial charge >= 0.3 is 0 Å². The first kappa shape index (κ1) is 5.63. The van der Waals surface area contributed by atoms with Crippen LogP contribution in [0.25, 0.3) is 0 Å². The Kier molecular flexibility index (Phi) is 1.53. The van der Waals surface area contributed by atoms with Crippen molar-refractivity contribution in [1.29, 1.82) is 0 Å². The maximum atomic E-state index is 5.66. The molecule has 0 amide bonds. The zero-order valence-corrected chi connectivity index (χ0v) is 5.31. The van der Waals surface area contributed by atoms with Crippen LogP contribution in [0, 0.1) is 0 Å². The molecule has 0 aromatic heterocycles. The van der Waals surface area contributed by atoms with Crippen LogP contribution in [-0.2, 0) is 0 Å². The Balaban J connectivity index is 2.63. The maximum absolute atomic E-state index is 5.66. The number of halogens is 1. The van der Waals surface area contributed by atoms with Gasteiger partial charge < -0.3 is 5.32 Å². The van der Waals surface area contributed by atoms with Crippen molar-refractivity contribution in [2.24, 2.45) is 4.99 Å². The van der Waals surface area contributed by atoms with Crippen molar-refractivity contribution in [3.63, 3.8) is 0 Å². The van der Waals surface area contributed by atoms with E-state index >= 15 is 0 Å². The largest absolute Gasteiger partial charge is 0.353 e. The van der Waals surface area contributed by atoms with Gasteiger partial charge in [-0.25, -0.2) is 0 Å². The highest BCUT2D eigenvalue weighted by Crippen LogP contribution is 2.10. The van der Waals surface area contributed by atoms with Gasteiger partial charge in [-0.15, -0.1) is 0 Å². The standard InChI is InChI=1S/C5H7ClN2/c1-4-2-7-3-8-5(4)6/h2-3,5H,1H3,(H,7,8). The fourth-order valence-electron chi connectivity index (χ4n) is 0.464. The van der Waals surface area contributed by atoms with E-state index in [-0.39, 0.29) is 5.50 Å². The molecule has 1 unspecified atom stereocenters. The molecule has 1 N–H and O–H groups in total. The van der Waals surface area contributed by atoms with Crippen molar-refractivity contribution in [1.82, 2.24) is 5.32 Å². The van der Waals surface area contributed by atoms with Crippen LogP contribution in [0.5, 0.6) is 0 Å². The zero-order chi connectivity index (χ0) is 5.98. The van der Waals surface area contributed by atoms with Crippen LogP contribution in [0.4, 0.5) is 0 Å². The minimum absolute atomic E-state index is 0.156. The van der Waals surface area contributed by atoms with Gasteiger partial charge in [-0.05, 0) is 12.5 Å². The van der Waals surface area contributed by atoms with Crippen LogP contribution in [0.15, 0.2) is 16.8 Å². The maximum Gasteiger partial charge on any atom is 0.147 e. The highest BCUT2D eigenvalue weighted by atomic mass is 35.5. The quantitative estimate of drug-likeness (QED) is 0.385. The summed E-state index contributed by atoms with van der Waals surface area (Å²) < 4.78 is 0. The highest BCUT2D eigenvalue weighted by molar-refractivity contribution is 6.22. The van der Waals surface area contributed by atoms with E-state index in [1.54, 1.807) is 6.34 Å². The Morgan fingerprint density at radius 3 is 3.00 bits per heavy atom. The molecule has 1 aliphatic heterocycles. The first-order chi connectivity index (χ1) is 3.80. The predicted octanol–water partition coefficient (Wildman–Crippen LogP) is 1.09. The third-order valence-electron chi connectivity index (χ3n) is 0.967. The number of nitrogens with zero attached hydrogens (tertiary/aromatic N) is 1. The topological polar surface area (TPSA) is 24.4 Å². The lowest BCUT2D eigenvalue weighted by atomic mass is 10.3. The highest BCUT2D eigenvalue weighted by Gasteiger charge is 2.04. The van der Waals surface area contributed by atoms with Gasteiger partial charge in [0.1, 0.15) is 5.50 Å². The number of aliphatic imine (C=N–C) groups is 1. The number of hydrogen-bond donors (Lipinski definition) is 1. The molecule has 1 aliphatic rings. The van der Waals surface area contributed by atoms with E-state index < -0.39 is 0 Å². The number of alkyl halides is 1. The van der Waals surface area contributed by atoms with Crippen LogP contribution in [-0.4, -0.2) is 11.8 Å². The monoisotopic (exact) mass is 130 g/mol. The summed E-state index contributed by atoms with van der Waals surface area (Å²) in [6, 6.07) is 0. The Bertz CT molecular complexity index is 139. The summed E-state index contributed by atoms with van der Waals surface area (Å²) in [5, 5.41) is 2.83. The third kappa shape index (κ3) is 1.01. The second-order valence-corrected chi connectivity index (χ2v) is 2.08. The summed E-state index contributed by atoms with van der Waals surface area (Å²) in [7, 11) is 0. The molecule has 0 bridgehead atoms. The van der Waals surface area contributed by atoms with Gasteiger partial charge in [0.05, 0.1) is 6.34 Å². The minimum Gasteiger partial charge on any atom is -0.353 e. The average Bonchev–Trinajstić information content (AvgIpc) is 1.77. The molecular weight excluding hydrogens is 124 g/mol. The van der Waals surface area contributed by atoms with Crippen LogP contribution in [0.3, 0.4) is 0 Å². The van der Waals surface area contributed by atoms with Crippen molar-refractivity contribution in [3.05, 3.63) is 11.8 Å². The van der Waals surface area contributed by atoms with Crippen molar-refractivity contribution in [2.75, 3.05) is 0 Å².